The summed E-state index contributed by atoms with van der Waals surface area (Å²) in [5.74, 6) is -0.193. The summed E-state index contributed by atoms with van der Waals surface area (Å²) in [6.07, 6.45) is 1.43. The molecule has 2 rings (SSSR count). The first-order valence-electron chi connectivity index (χ1n) is 5.66. The molecule has 0 saturated heterocycles. The molecular formula is C15H13NO2. The third kappa shape index (κ3) is 2.51. The number of aromatic nitrogens is 1. The molecule has 0 bridgehead atoms. The standard InChI is InChI=1S/C15H13NO2/c1-10-3-5-12(6-4-10)15(18)14-8-7-13(9-16-14)11(2)17/h3-9H,1-2H3. The molecule has 3 heteroatoms. The van der Waals surface area contributed by atoms with Crippen LogP contribution in [0.3, 0.4) is 0 Å². The van der Waals surface area contributed by atoms with Crippen molar-refractivity contribution >= 4 is 11.6 Å². The molecule has 0 aliphatic rings. The van der Waals surface area contributed by atoms with Crippen molar-refractivity contribution in [1.82, 2.24) is 4.98 Å². The molecule has 0 fully saturated rings. The number of nitrogens with zero attached hydrogens (tertiary/aromatic N) is 1. The van der Waals surface area contributed by atoms with E-state index < -0.39 is 0 Å². The Morgan fingerprint density at radius 1 is 0.944 bits per heavy atom. The van der Waals surface area contributed by atoms with Gasteiger partial charge >= 0.3 is 0 Å². The van der Waals surface area contributed by atoms with Crippen LogP contribution in [0.4, 0.5) is 0 Å². The number of aryl methyl sites for hydroxylation is 1. The van der Waals surface area contributed by atoms with Gasteiger partial charge in [0.1, 0.15) is 5.69 Å². The molecule has 1 aromatic carbocycles. The van der Waals surface area contributed by atoms with Gasteiger partial charge in [0.05, 0.1) is 0 Å². The van der Waals surface area contributed by atoms with Gasteiger partial charge < -0.3 is 0 Å². The van der Waals surface area contributed by atoms with E-state index in [2.05, 4.69) is 4.98 Å². The van der Waals surface area contributed by atoms with Crippen LogP contribution in [0.25, 0.3) is 0 Å². The fourth-order valence-corrected chi connectivity index (χ4v) is 1.59. The maximum Gasteiger partial charge on any atom is 0.211 e. The summed E-state index contributed by atoms with van der Waals surface area (Å²) in [5, 5.41) is 0. The summed E-state index contributed by atoms with van der Waals surface area (Å²) in [4.78, 5) is 27.2. The first kappa shape index (κ1) is 12.2. The van der Waals surface area contributed by atoms with E-state index in [0.717, 1.165) is 5.56 Å². The van der Waals surface area contributed by atoms with Crippen molar-refractivity contribution in [3.05, 3.63) is 65.0 Å². The second-order valence-electron chi connectivity index (χ2n) is 4.18. The molecule has 0 atom stereocenters. The van der Waals surface area contributed by atoms with E-state index in [9.17, 15) is 9.59 Å². The first-order chi connectivity index (χ1) is 8.58. The Balaban J connectivity index is 2.28. The second kappa shape index (κ2) is 4.92. The van der Waals surface area contributed by atoms with Crippen molar-refractivity contribution in [2.24, 2.45) is 0 Å². The molecule has 0 spiro atoms. The van der Waals surface area contributed by atoms with Crippen LogP contribution in [0.2, 0.25) is 0 Å². The van der Waals surface area contributed by atoms with Crippen molar-refractivity contribution in [3.8, 4) is 0 Å². The van der Waals surface area contributed by atoms with Crippen LogP contribution < -0.4 is 0 Å². The number of pyridine rings is 1. The Hall–Kier alpha value is -2.29. The van der Waals surface area contributed by atoms with Crippen molar-refractivity contribution in [2.75, 3.05) is 0 Å². The zero-order chi connectivity index (χ0) is 13.1. The zero-order valence-electron chi connectivity index (χ0n) is 10.3. The summed E-state index contributed by atoms with van der Waals surface area (Å²) in [5.41, 5.74) is 2.56. The number of benzene rings is 1. The molecule has 2 aromatic rings. The molecular weight excluding hydrogens is 226 g/mol. The maximum atomic E-state index is 12.1. The third-order valence-electron chi connectivity index (χ3n) is 2.72. The largest absolute Gasteiger partial charge is 0.294 e. The van der Waals surface area contributed by atoms with Gasteiger partial charge in [-0.25, -0.2) is 0 Å². The third-order valence-corrected chi connectivity index (χ3v) is 2.72. The summed E-state index contributed by atoms with van der Waals surface area (Å²) in [7, 11) is 0. The zero-order valence-corrected chi connectivity index (χ0v) is 10.3. The highest BCUT2D eigenvalue weighted by Crippen LogP contribution is 2.10. The van der Waals surface area contributed by atoms with Crippen molar-refractivity contribution in [2.45, 2.75) is 13.8 Å². The number of rotatable bonds is 3. The monoisotopic (exact) mass is 239 g/mol. The lowest BCUT2D eigenvalue weighted by Crippen LogP contribution is -2.05. The predicted octanol–water partition coefficient (Wildman–Crippen LogP) is 2.82. The Kier molecular flexibility index (Phi) is 3.33. The highest BCUT2D eigenvalue weighted by atomic mass is 16.1. The highest BCUT2D eigenvalue weighted by Gasteiger charge is 2.10. The van der Waals surface area contributed by atoms with Crippen LogP contribution in [-0.2, 0) is 0 Å². The van der Waals surface area contributed by atoms with E-state index in [-0.39, 0.29) is 11.6 Å². The fraction of sp³-hybridized carbons (Fsp3) is 0.133. The number of Topliss-reactive ketones (excluding diaryl/α,β-unsaturated/α-hetero) is 1. The molecule has 18 heavy (non-hydrogen) atoms. The van der Waals surface area contributed by atoms with Crippen LogP contribution in [0, 0.1) is 6.92 Å². The van der Waals surface area contributed by atoms with Crippen molar-refractivity contribution < 1.29 is 9.59 Å². The summed E-state index contributed by atoms with van der Waals surface area (Å²) < 4.78 is 0. The van der Waals surface area contributed by atoms with Gasteiger partial charge in [0.2, 0.25) is 5.78 Å². The number of carbonyl (C=O) groups is 2. The molecule has 0 aliphatic heterocycles. The molecule has 0 amide bonds. The molecule has 0 unspecified atom stereocenters. The lowest BCUT2D eigenvalue weighted by Gasteiger charge is -2.02. The molecule has 1 aromatic heterocycles. The Morgan fingerprint density at radius 2 is 1.56 bits per heavy atom. The predicted molar refractivity (Wildman–Crippen MR) is 68.9 cm³/mol. The molecule has 0 radical (unpaired) electrons. The van der Waals surface area contributed by atoms with Gasteiger partial charge in [-0.1, -0.05) is 29.8 Å². The number of hydrogen-bond acceptors (Lipinski definition) is 3. The molecule has 0 N–H and O–H groups in total. The molecule has 0 aliphatic carbocycles. The molecule has 0 saturated carbocycles. The average molecular weight is 239 g/mol. The van der Waals surface area contributed by atoms with E-state index in [0.29, 0.717) is 16.8 Å². The lowest BCUT2D eigenvalue weighted by atomic mass is 10.1. The molecule has 1 heterocycles. The van der Waals surface area contributed by atoms with Crippen molar-refractivity contribution in [3.63, 3.8) is 0 Å². The fourth-order valence-electron chi connectivity index (χ4n) is 1.59. The van der Waals surface area contributed by atoms with Gasteiger partial charge in [-0.3, -0.25) is 14.6 Å². The Labute approximate surface area is 105 Å². The van der Waals surface area contributed by atoms with Gasteiger partial charge in [0.15, 0.2) is 5.78 Å². The van der Waals surface area contributed by atoms with Crippen LogP contribution in [0.15, 0.2) is 42.6 Å². The van der Waals surface area contributed by atoms with Crippen molar-refractivity contribution in [1.29, 1.82) is 0 Å². The number of hydrogen-bond donors (Lipinski definition) is 0. The molecule has 3 nitrogen and oxygen atoms in total. The second-order valence-corrected chi connectivity index (χ2v) is 4.18. The number of ketones is 2. The Bertz CT molecular complexity index is 583. The van der Waals surface area contributed by atoms with E-state index in [1.165, 1.54) is 13.1 Å². The SMILES string of the molecule is CC(=O)c1ccc(C(=O)c2ccc(C)cc2)nc1. The first-order valence-corrected chi connectivity index (χ1v) is 5.66. The summed E-state index contributed by atoms with van der Waals surface area (Å²) >= 11 is 0. The quantitative estimate of drug-likeness (QED) is 0.774. The van der Waals surface area contributed by atoms with Gasteiger partial charge in [-0.2, -0.15) is 0 Å². The maximum absolute atomic E-state index is 12.1. The van der Waals surface area contributed by atoms with Crippen LogP contribution in [-0.4, -0.2) is 16.6 Å². The lowest BCUT2D eigenvalue weighted by molar-refractivity contribution is 0.101. The number of carbonyl (C=O) groups excluding carboxylic acids is 2. The van der Waals surface area contributed by atoms with Gasteiger partial charge in [-0.15, -0.1) is 0 Å². The summed E-state index contributed by atoms with van der Waals surface area (Å²) in [6.45, 7) is 3.44. The highest BCUT2D eigenvalue weighted by molar-refractivity contribution is 6.08. The van der Waals surface area contributed by atoms with E-state index in [4.69, 9.17) is 0 Å². The smallest absolute Gasteiger partial charge is 0.211 e. The van der Waals surface area contributed by atoms with Gasteiger partial charge in [0.25, 0.3) is 0 Å². The topological polar surface area (TPSA) is 47.0 Å². The van der Waals surface area contributed by atoms with Crippen LogP contribution in [0.5, 0.6) is 0 Å². The van der Waals surface area contributed by atoms with E-state index in [1.54, 1.807) is 24.3 Å². The van der Waals surface area contributed by atoms with Crippen LogP contribution >= 0.6 is 0 Å². The minimum atomic E-state index is -0.134. The molecule has 90 valence electrons. The van der Waals surface area contributed by atoms with Gasteiger partial charge in [0, 0.05) is 17.3 Å². The van der Waals surface area contributed by atoms with E-state index in [1.807, 2.05) is 19.1 Å². The normalized spacial score (nSPS) is 10.1. The van der Waals surface area contributed by atoms with Crippen LogP contribution in [0.1, 0.15) is 38.9 Å². The van der Waals surface area contributed by atoms with Gasteiger partial charge in [-0.05, 0) is 26.0 Å². The minimum absolute atomic E-state index is 0.0585. The average Bonchev–Trinajstić information content (AvgIpc) is 2.39. The van der Waals surface area contributed by atoms with E-state index >= 15 is 0 Å². The summed E-state index contributed by atoms with van der Waals surface area (Å²) in [6, 6.07) is 10.5. The minimum Gasteiger partial charge on any atom is -0.294 e. The Morgan fingerprint density at radius 3 is 2.06 bits per heavy atom.